The zero-order chi connectivity index (χ0) is 7.72. The van der Waals surface area contributed by atoms with E-state index in [4.69, 9.17) is 11.1 Å². The number of aryl methyl sites for hydroxylation is 1. The fourth-order valence-corrected chi connectivity index (χ4v) is 1.62. The van der Waals surface area contributed by atoms with E-state index < -0.39 is 0 Å². The number of nitrogens with one attached hydrogen (secondary N) is 1. The van der Waals surface area contributed by atoms with Crippen LogP contribution in [0.1, 0.15) is 9.88 Å². The number of nitrogens with zero attached hydrogens (tertiary/aromatic N) is 1. The molecular formula is C5H8N3PS. The molecule has 54 valence electrons. The molecule has 0 radical (unpaired) electrons. The minimum Gasteiger partial charge on any atom is -0.382 e. The van der Waals surface area contributed by atoms with E-state index in [1.54, 1.807) is 0 Å². The van der Waals surface area contributed by atoms with Crippen LogP contribution in [0.4, 0.5) is 0 Å². The molecule has 0 amide bonds. The fourth-order valence-electron chi connectivity index (χ4n) is 0.523. The first-order valence-electron chi connectivity index (χ1n) is 2.68. The highest BCUT2D eigenvalue weighted by Crippen LogP contribution is 2.10. The molecule has 0 aromatic carbocycles. The first kappa shape index (κ1) is 7.63. The van der Waals surface area contributed by atoms with E-state index in [1.165, 1.54) is 11.3 Å². The van der Waals surface area contributed by atoms with Gasteiger partial charge < -0.3 is 5.73 Å². The Bertz CT molecular complexity index is 248. The number of nitrogens with two attached hydrogens (primary N) is 1. The molecule has 0 aliphatic heterocycles. The zero-order valence-corrected chi connectivity index (χ0v) is 7.48. The van der Waals surface area contributed by atoms with Crippen molar-refractivity contribution in [1.29, 1.82) is 5.41 Å². The second kappa shape index (κ2) is 2.64. The number of amidine groups is 1. The number of thiazole rings is 1. The van der Waals surface area contributed by atoms with Crippen molar-refractivity contribution in [3.63, 3.8) is 0 Å². The Morgan fingerprint density at radius 2 is 2.40 bits per heavy atom. The minimum absolute atomic E-state index is 0.0433. The molecule has 1 heterocycles. The summed E-state index contributed by atoms with van der Waals surface area (Å²) in [6.07, 6.45) is 0. The van der Waals surface area contributed by atoms with Crippen molar-refractivity contribution in [3.8, 4) is 0 Å². The summed E-state index contributed by atoms with van der Waals surface area (Å²) in [5, 5.41) is 7.66. The Hall–Kier alpha value is -0.470. The number of aromatic nitrogens is 1. The normalized spacial score (nSPS) is 9.80. The molecule has 0 saturated heterocycles. The van der Waals surface area contributed by atoms with Crippen LogP contribution in [-0.2, 0) is 0 Å². The van der Waals surface area contributed by atoms with Crippen LogP contribution in [0, 0.1) is 12.3 Å². The van der Waals surface area contributed by atoms with Gasteiger partial charge in [-0.2, -0.15) is 0 Å². The maximum atomic E-state index is 7.06. The van der Waals surface area contributed by atoms with Crippen LogP contribution >= 0.6 is 20.6 Å². The zero-order valence-electron chi connectivity index (χ0n) is 5.51. The maximum Gasteiger partial charge on any atom is 0.158 e. The van der Waals surface area contributed by atoms with E-state index >= 15 is 0 Å². The molecule has 3 N–H and O–H groups in total. The number of rotatable bonds is 1. The lowest BCUT2D eigenvalue weighted by Gasteiger charge is -1.84. The Morgan fingerprint density at radius 3 is 2.60 bits per heavy atom. The van der Waals surface area contributed by atoms with Gasteiger partial charge in [0.25, 0.3) is 0 Å². The molecular weight excluding hydrogens is 165 g/mol. The van der Waals surface area contributed by atoms with Crippen molar-refractivity contribution in [2.24, 2.45) is 5.73 Å². The monoisotopic (exact) mass is 173 g/mol. The van der Waals surface area contributed by atoms with Crippen molar-refractivity contribution < 1.29 is 0 Å². The van der Waals surface area contributed by atoms with Gasteiger partial charge in [-0.05, 0) is 6.92 Å². The lowest BCUT2D eigenvalue weighted by molar-refractivity contribution is 1.36. The smallest absolute Gasteiger partial charge is 0.158 e. The van der Waals surface area contributed by atoms with Crippen LogP contribution in [0.15, 0.2) is 0 Å². The van der Waals surface area contributed by atoms with E-state index in [0.717, 1.165) is 10.3 Å². The molecule has 5 heteroatoms. The van der Waals surface area contributed by atoms with E-state index in [1.807, 2.05) is 6.92 Å². The van der Waals surface area contributed by atoms with Crippen molar-refractivity contribution >= 4 is 31.8 Å². The summed E-state index contributed by atoms with van der Waals surface area (Å²) in [6, 6.07) is 0. The van der Waals surface area contributed by atoms with E-state index in [0.29, 0.717) is 5.01 Å². The molecule has 1 atom stereocenters. The van der Waals surface area contributed by atoms with Crippen LogP contribution in [0.3, 0.4) is 0 Å². The van der Waals surface area contributed by atoms with Crippen LogP contribution < -0.4 is 11.2 Å². The van der Waals surface area contributed by atoms with E-state index in [9.17, 15) is 0 Å². The third-order valence-electron chi connectivity index (χ3n) is 1.06. The quantitative estimate of drug-likeness (QED) is 0.363. The first-order chi connectivity index (χ1) is 4.61. The Kier molecular flexibility index (Phi) is 2.02. The molecule has 1 aromatic heterocycles. The van der Waals surface area contributed by atoms with Gasteiger partial charge in [0.1, 0.15) is 0 Å². The van der Waals surface area contributed by atoms with Gasteiger partial charge in [-0.1, -0.05) is 9.24 Å². The second-order valence-electron chi connectivity index (χ2n) is 1.87. The Morgan fingerprint density at radius 1 is 1.80 bits per heavy atom. The van der Waals surface area contributed by atoms with E-state index in [-0.39, 0.29) is 5.84 Å². The summed E-state index contributed by atoms with van der Waals surface area (Å²) in [7, 11) is 2.50. The molecule has 0 spiro atoms. The molecule has 1 aromatic rings. The van der Waals surface area contributed by atoms with E-state index in [2.05, 4.69) is 14.2 Å². The fraction of sp³-hybridized carbons (Fsp3) is 0.200. The highest BCUT2D eigenvalue weighted by Gasteiger charge is 2.04. The first-order valence-corrected chi connectivity index (χ1v) is 4.08. The predicted octanol–water partition coefficient (Wildman–Crippen LogP) is 0.236. The van der Waals surface area contributed by atoms with Crippen molar-refractivity contribution in [3.05, 3.63) is 9.88 Å². The van der Waals surface area contributed by atoms with Crippen LogP contribution in [0.25, 0.3) is 0 Å². The largest absolute Gasteiger partial charge is 0.382 e. The summed E-state index contributed by atoms with van der Waals surface area (Å²) in [5.41, 5.74) is 6.10. The third kappa shape index (κ3) is 1.33. The Labute approximate surface area is 65.4 Å². The SMILES string of the molecule is Cc1sc(C(=N)N)nc1P. The van der Waals surface area contributed by atoms with Crippen molar-refractivity contribution in [1.82, 2.24) is 4.98 Å². The average molecular weight is 173 g/mol. The molecule has 0 aliphatic carbocycles. The summed E-state index contributed by atoms with van der Waals surface area (Å²) in [4.78, 5) is 5.13. The standard InChI is InChI=1S/C5H8N3PS/c1-2-4(9)8-5(10-2)3(6)7/h9H2,1H3,(H3,6,7). The highest BCUT2D eigenvalue weighted by atomic mass is 32.1. The summed E-state index contributed by atoms with van der Waals surface area (Å²) in [5.74, 6) is 0.0433. The number of hydrogen-bond donors (Lipinski definition) is 2. The van der Waals surface area contributed by atoms with Gasteiger partial charge in [-0.3, -0.25) is 5.41 Å². The van der Waals surface area contributed by atoms with Gasteiger partial charge in [0, 0.05) is 4.88 Å². The van der Waals surface area contributed by atoms with Crippen LogP contribution in [0.2, 0.25) is 0 Å². The van der Waals surface area contributed by atoms with Gasteiger partial charge in [-0.15, -0.1) is 11.3 Å². The van der Waals surface area contributed by atoms with Crippen LogP contribution in [-0.4, -0.2) is 10.8 Å². The lowest BCUT2D eigenvalue weighted by atomic mass is 10.6. The second-order valence-corrected chi connectivity index (χ2v) is 3.62. The summed E-state index contributed by atoms with van der Waals surface area (Å²) < 4.78 is 0. The van der Waals surface area contributed by atoms with Crippen molar-refractivity contribution in [2.45, 2.75) is 6.92 Å². The molecule has 1 rings (SSSR count). The molecule has 10 heavy (non-hydrogen) atoms. The van der Waals surface area contributed by atoms with Crippen LogP contribution in [0.5, 0.6) is 0 Å². The summed E-state index contributed by atoms with van der Waals surface area (Å²) >= 11 is 1.44. The molecule has 0 bridgehead atoms. The maximum absolute atomic E-state index is 7.06. The molecule has 1 unspecified atom stereocenters. The van der Waals surface area contributed by atoms with Gasteiger partial charge >= 0.3 is 0 Å². The topological polar surface area (TPSA) is 62.8 Å². The molecule has 3 nitrogen and oxygen atoms in total. The molecule has 0 fully saturated rings. The van der Waals surface area contributed by atoms with Gasteiger partial charge in [0.05, 0.1) is 5.44 Å². The highest BCUT2D eigenvalue weighted by molar-refractivity contribution is 7.29. The van der Waals surface area contributed by atoms with Gasteiger partial charge in [-0.25, -0.2) is 4.98 Å². The lowest BCUT2D eigenvalue weighted by Crippen LogP contribution is -2.11. The third-order valence-corrected chi connectivity index (χ3v) is 2.85. The predicted molar refractivity (Wildman–Crippen MR) is 47.2 cm³/mol. The molecule has 0 aliphatic rings. The van der Waals surface area contributed by atoms with Crippen molar-refractivity contribution in [2.75, 3.05) is 0 Å². The summed E-state index contributed by atoms with van der Waals surface area (Å²) in [6.45, 7) is 1.95. The Balaban J connectivity index is 3.10. The number of nitrogen functional groups attached to an aromatic ring is 1. The van der Waals surface area contributed by atoms with Gasteiger partial charge in [0.15, 0.2) is 10.8 Å². The number of hydrogen-bond acceptors (Lipinski definition) is 3. The van der Waals surface area contributed by atoms with Gasteiger partial charge in [0.2, 0.25) is 0 Å². The average Bonchev–Trinajstić information content (AvgIpc) is 2.13. The minimum atomic E-state index is 0.0433. The molecule has 0 saturated carbocycles.